The third-order valence-corrected chi connectivity index (χ3v) is 4.83. The van der Waals surface area contributed by atoms with E-state index in [2.05, 4.69) is 9.88 Å². The summed E-state index contributed by atoms with van der Waals surface area (Å²) in [4.78, 5) is 21.5. The van der Waals surface area contributed by atoms with Crippen LogP contribution in [0, 0.1) is 0 Å². The number of hydrogen-bond donors (Lipinski definition) is 0. The van der Waals surface area contributed by atoms with Gasteiger partial charge in [-0.1, -0.05) is 18.2 Å². The van der Waals surface area contributed by atoms with Crippen LogP contribution in [0.5, 0.6) is 11.6 Å². The molecule has 1 aliphatic carbocycles. The highest BCUT2D eigenvalue weighted by atomic mass is 16.5. The van der Waals surface area contributed by atoms with Crippen molar-refractivity contribution in [2.75, 3.05) is 26.2 Å². The van der Waals surface area contributed by atoms with Crippen molar-refractivity contribution in [3.8, 4) is 11.6 Å². The minimum Gasteiger partial charge on any atom is -0.439 e. The van der Waals surface area contributed by atoms with Gasteiger partial charge in [-0.3, -0.25) is 9.69 Å². The van der Waals surface area contributed by atoms with Crippen LogP contribution in [0.2, 0.25) is 0 Å². The normalized spacial score (nSPS) is 18.6. The molecule has 2 heterocycles. The third kappa shape index (κ3) is 3.99. The summed E-state index contributed by atoms with van der Waals surface area (Å²) in [6.45, 7) is 3.72. The highest BCUT2D eigenvalue weighted by Gasteiger charge is 2.30. The van der Waals surface area contributed by atoms with Crippen molar-refractivity contribution in [2.24, 2.45) is 0 Å². The molecule has 1 aliphatic heterocycles. The Hall–Kier alpha value is -2.40. The monoisotopic (exact) mass is 337 g/mol. The molecule has 1 saturated heterocycles. The molecule has 0 radical (unpaired) electrons. The third-order valence-electron chi connectivity index (χ3n) is 4.83. The summed E-state index contributed by atoms with van der Waals surface area (Å²) in [5.74, 6) is 1.30. The average Bonchev–Trinajstić information content (AvgIpc) is 3.49. The maximum absolute atomic E-state index is 12.7. The predicted octanol–water partition coefficient (Wildman–Crippen LogP) is 3.18. The number of rotatable bonds is 4. The molecule has 5 nitrogen and oxygen atoms in total. The molecule has 1 saturated carbocycles. The second-order valence-electron chi connectivity index (χ2n) is 6.71. The van der Waals surface area contributed by atoms with E-state index in [-0.39, 0.29) is 5.91 Å². The molecular weight excluding hydrogens is 314 g/mol. The minimum absolute atomic E-state index is 0.0661. The number of carbonyl (C=O) groups is 1. The van der Waals surface area contributed by atoms with Gasteiger partial charge in [0.25, 0.3) is 5.91 Å². The van der Waals surface area contributed by atoms with E-state index in [4.69, 9.17) is 4.74 Å². The number of hydrogen-bond acceptors (Lipinski definition) is 4. The van der Waals surface area contributed by atoms with E-state index in [0.717, 1.165) is 44.4 Å². The minimum atomic E-state index is 0.0661. The summed E-state index contributed by atoms with van der Waals surface area (Å²) in [5, 5.41) is 0. The number of amides is 1. The molecule has 1 aromatic carbocycles. The van der Waals surface area contributed by atoms with Crippen LogP contribution in [0.25, 0.3) is 0 Å². The van der Waals surface area contributed by atoms with Crippen LogP contribution in [0.15, 0.2) is 48.7 Å². The molecule has 0 N–H and O–H groups in total. The lowest BCUT2D eigenvalue weighted by molar-refractivity contribution is 0.0760. The summed E-state index contributed by atoms with van der Waals surface area (Å²) in [7, 11) is 0. The largest absolute Gasteiger partial charge is 0.439 e. The standard InChI is InChI=1S/C20H23N3O2/c24-20(23-12-4-11-22(13-14-23)17-8-9-17)16-7-10-19(21-15-16)25-18-5-2-1-3-6-18/h1-3,5-7,10,15,17H,4,8-9,11-14H2. The number of pyridine rings is 1. The van der Waals surface area contributed by atoms with Gasteiger partial charge in [-0.15, -0.1) is 0 Å². The van der Waals surface area contributed by atoms with Crippen LogP contribution >= 0.6 is 0 Å². The Morgan fingerprint density at radius 1 is 1.00 bits per heavy atom. The average molecular weight is 337 g/mol. The zero-order chi connectivity index (χ0) is 17.1. The quantitative estimate of drug-likeness (QED) is 0.860. The van der Waals surface area contributed by atoms with Crippen LogP contribution in [0.3, 0.4) is 0 Å². The maximum Gasteiger partial charge on any atom is 0.255 e. The van der Waals surface area contributed by atoms with Crippen molar-refractivity contribution in [1.29, 1.82) is 0 Å². The molecule has 0 spiro atoms. The summed E-state index contributed by atoms with van der Waals surface area (Å²) in [5.41, 5.74) is 0.625. The van der Waals surface area contributed by atoms with Gasteiger partial charge in [0.05, 0.1) is 5.56 Å². The Kier molecular flexibility index (Phi) is 4.65. The van der Waals surface area contributed by atoms with E-state index in [1.54, 1.807) is 18.3 Å². The lowest BCUT2D eigenvalue weighted by Gasteiger charge is -2.21. The van der Waals surface area contributed by atoms with Gasteiger partial charge in [0.15, 0.2) is 0 Å². The first-order valence-electron chi connectivity index (χ1n) is 9.02. The van der Waals surface area contributed by atoms with Gasteiger partial charge in [-0.25, -0.2) is 4.98 Å². The number of aromatic nitrogens is 1. The SMILES string of the molecule is O=C(c1ccc(Oc2ccccc2)nc1)N1CCCN(C2CC2)CC1. The molecule has 2 aromatic rings. The van der Waals surface area contributed by atoms with Gasteiger partial charge in [0.2, 0.25) is 5.88 Å². The Morgan fingerprint density at radius 2 is 1.84 bits per heavy atom. The molecule has 5 heteroatoms. The first-order valence-corrected chi connectivity index (χ1v) is 9.02. The molecule has 25 heavy (non-hydrogen) atoms. The lowest BCUT2D eigenvalue weighted by atomic mass is 10.2. The Bertz CT molecular complexity index is 713. The summed E-state index contributed by atoms with van der Waals surface area (Å²) < 4.78 is 5.68. The maximum atomic E-state index is 12.7. The van der Waals surface area contributed by atoms with Gasteiger partial charge in [-0.2, -0.15) is 0 Å². The summed E-state index contributed by atoms with van der Waals surface area (Å²) >= 11 is 0. The van der Waals surface area contributed by atoms with Gasteiger partial charge < -0.3 is 9.64 Å². The van der Waals surface area contributed by atoms with E-state index in [0.29, 0.717) is 11.4 Å². The van der Waals surface area contributed by atoms with Gasteiger partial charge in [-0.05, 0) is 37.5 Å². The Morgan fingerprint density at radius 3 is 2.56 bits per heavy atom. The van der Waals surface area contributed by atoms with E-state index in [9.17, 15) is 4.79 Å². The highest BCUT2D eigenvalue weighted by molar-refractivity contribution is 5.94. The van der Waals surface area contributed by atoms with Crippen molar-refractivity contribution >= 4 is 5.91 Å². The van der Waals surface area contributed by atoms with Crippen molar-refractivity contribution in [2.45, 2.75) is 25.3 Å². The number of carbonyl (C=O) groups excluding carboxylic acids is 1. The van der Waals surface area contributed by atoms with E-state index in [1.165, 1.54) is 12.8 Å². The lowest BCUT2D eigenvalue weighted by Crippen LogP contribution is -2.35. The second-order valence-corrected chi connectivity index (χ2v) is 6.71. The number of ether oxygens (including phenoxy) is 1. The van der Waals surface area contributed by atoms with Crippen molar-refractivity contribution in [3.63, 3.8) is 0 Å². The van der Waals surface area contributed by atoms with Crippen molar-refractivity contribution in [1.82, 2.24) is 14.8 Å². The molecule has 2 aliphatic rings. The zero-order valence-corrected chi connectivity index (χ0v) is 14.3. The van der Waals surface area contributed by atoms with E-state index in [1.807, 2.05) is 35.2 Å². The van der Waals surface area contributed by atoms with E-state index >= 15 is 0 Å². The van der Waals surface area contributed by atoms with Crippen LogP contribution in [0.4, 0.5) is 0 Å². The Balaban J connectivity index is 1.38. The molecule has 4 rings (SSSR count). The molecule has 2 fully saturated rings. The second kappa shape index (κ2) is 7.23. The molecule has 0 bridgehead atoms. The molecule has 1 aromatic heterocycles. The van der Waals surface area contributed by atoms with Crippen LogP contribution in [0.1, 0.15) is 29.6 Å². The first-order chi connectivity index (χ1) is 12.3. The van der Waals surface area contributed by atoms with Crippen LogP contribution in [-0.4, -0.2) is 52.9 Å². The Labute approximate surface area is 148 Å². The fraction of sp³-hybridized carbons (Fsp3) is 0.400. The predicted molar refractivity (Wildman–Crippen MR) is 95.9 cm³/mol. The number of nitrogens with zero attached hydrogens (tertiary/aromatic N) is 3. The van der Waals surface area contributed by atoms with Crippen molar-refractivity contribution in [3.05, 3.63) is 54.2 Å². The number of benzene rings is 1. The molecule has 0 atom stereocenters. The summed E-state index contributed by atoms with van der Waals surface area (Å²) in [6.07, 6.45) is 5.30. The van der Waals surface area contributed by atoms with E-state index < -0.39 is 0 Å². The molecule has 0 unspecified atom stereocenters. The van der Waals surface area contributed by atoms with Gasteiger partial charge in [0, 0.05) is 44.5 Å². The van der Waals surface area contributed by atoms with Crippen molar-refractivity contribution < 1.29 is 9.53 Å². The fourth-order valence-electron chi connectivity index (χ4n) is 3.30. The summed E-state index contributed by atoms with van der Waals surface area (Å²) in [6, 6.07) is 13.9. The number of para-hydroxylation sites is 1. The van der Waals surface area contributed by atoms with Gasteiger partial charge in [0.1, 0.15) is 5.75 Å². The first kappa shape index (κ1) is 16.1. The smallest absolute Gasteiger partial charge is 0.255 e. The highest BCUT2D eigenvalue weighted by Crippen LogP contribution is 2.27. The van der Waals surface area contributed by atoms with Crippen LogP contribution in [-0.2, 0) is 0 Å². The van der Waals surface area contributed by atoms with Gasteiger partial charge >= 0.3 is 0 Å². The zero-order valence-electron chi connectivity index (χ0n) is 14.3. The molecular formula is C20H23N3O2. The topological polar surface area (TPSA) is 45.7 Å². The molecule has 1 amide bonds. The fourth-order valence-corrected chi connectivity index (χ4v) is 3.30. The van der Waals surface area contributed by atoms with Crippen LogP contribution < -0.4 is 4.74 Å². The molecule has 130 valence electrons.